The number of anilines is 1. The molecule has 0 radical (unpaired) electrons. The Bertz CT molecular complexity index is 1290. The molecule has 0 saturated heterocycles. The lowest BCUT2D eigenvalue weighted by molar-refractivity contribution is 0.0974. The van der Waals surface area contributed by atoms with Crippen LogP contribution in [0.2, 0.25) is 0 Å². The fourth-order valence-corrected chi connectivity index (χ4v) is 3.12. The van der Waals surface area contributed by atoms with Crippen molar-refractivity contribution in [3.05, 3.63) is 77.6 Å². The van der Waals surface area contributed by atoms with E-state index in [2.05, 4.69) is 15.6 Å². The van der Waals surface area contributed by atoms with E-state index in [-0.39, 0.29) is 22.3 Å². The summed E-state index contributed by atoms with van der Waals surface area (Å²) >= 11 is 5.15. The smallest absolute Gasteiger partial charge is 0.260 e. The van der Waals surface area contributed by atoms with Crippen LogP contribution in [-0.4, -0.2) is 21.1 Å². The summed E-state index contributed by atoms with van der Waals surface area (Å²) < 4.78 is 19.5. The molecule has 0 aliphatic rings. The SMILES string of the molecule is Cc1ccc2nc(-c3cc(NC(=S)NC(=O)c4ccccc4F)ccc3O)oc2c1. The van der Waals surface area contributed by atoms with Crippen LogP contribution in [0.15, 0.2) is 65.1 Å². The highest BCUT2D eigenvalue weighted by Gasteiger charge is 2.15. The lowest BCUT2D eigenvalue weighted by Crippen LogP contribution is -2.34. The number of hydrogen-bond acceptors (Lipinski definition) is 5. The summed E-state index contributed by atoms with van der Waals surface area (Å²) in [6.45, 7) is 1.94. The van der Waals surface area contributed by atoms with Crippen LogP contribution < -0.4 is 10.6 Å². The van der Waals surface area contributed by atoms with Crippen molar-refractivity contribution in [2.45, 2.75) is 6.92 Å². The summed E-state index contributed by atoms with van der Waals surface area (Å²) in [5.74, 6) is -1.09. The third-order valence-electron chi connectivity index (χ3n) is 4.37. The molecule has 8 heteroatoms. The van der Waals surface area contributed by atoms with Crippen molar-refractivity contribution in [2.24, 2.45) is 0 Å². The number of aryl methyl sites for hydroxylation is 1. The number of phenols is 1. The molecule has 3 aromatic carbocycles. The monoisotopic (exact) mass is 421 g/mol. The van der Waals surface area contributed by atoms with E-state index in [0.29, 0.717) is 22.4 Å². The maximum Gasteiger partial charge on any atom is 0.260 e. The summed E-state index contributed by atoms with van der Waals surface area (Å²) in [4.78, 5) is 16.6. The van der Waals surface area contributed by atoms with Crippen molar-refractivity contribution in [2.75, 3.05) is 5.32 Å². The zero-order valence-electron chi connectivity index (χ0n) is 15.8. The van der Waals surface area contributed by atoms with Gasteiger partial charge >= 0.3 is 0 Å². The van der Waals surface area contributed by atoms with Crippen molar-refractivity contribution in [1.29, 1.82) is 0 Å². The van der Waals surface area contributed by atoms with Gasteiger partial charge in [0.1, 0.15) is 17.1 Å². The summed E-state index contributed by atoms with van der Waals surface area (Å²) in [6, 6.07) is 15.9. The van der Waals surface area contributed by atoms with E-state index in [1.54, 1.807) is 18.2 Å². The number of aromatic hydroxyl groups is 1. The Morgan fingerprint density at radius 2 is 1.93 bits per heavy atom. The van der Waals surface area contributed by atoms with Crippen LogP contribution in [-0.2, 0) is 0 Å². The predicted octanol–water partition coefficient (Wildman–Crippen LogP) is 4.77. The molecule has 1 heterocycles. The Labute approximate surface area is 176 Å². The highest BCUT2D eigenvalue weighted by molar-refractivity contribution is 7.80. The Kier molecular flexibility index (Phi) is 5.16. The number of carbonyl (C=O) groups is 1. The summed E-state index contributed by atoms with van der Waals surface area (Å²) in [7, 11) is 0. The normalized spacial score (nSPS) is 10.7. The Balaban J connectivity index is 1.54. The number of hydrogen-bond donors (Lipinski definition) is 3. The second-order valence-electron chi connectivity index (χ2n) is 6.61. The maximum absolute atomic E-state index is 13.7. The third kappa shape index (κ3) is 3.99. The fraction of sp³-hybridized carbons (Fsp3) is 0.0455. The number of aromatic nitrogens is 1. The lowest BCUT2D eigenvalue weighted by Gasteiger charge is -2.11. The highest BCUT2D eigenvalue weighted by Crippen LogP contribution is 2.33. The Morgan fingerprint density at radius 1 is 1.13 bits per heavy atom. The first-order chi connectivity index (χ1) is 14.4. The first kappa shape index (κ1) is 19.5. The average molecular weight is 421 g/mol. The van der Waals surface area contributed by atoms with Crippen LogP contribution in [0.25, 0.3) is 22.6 Å². The van der Waals surface area contributed by atoms with Gasteiger partial charge in [-0.25, -0.2) is 9.37 Å². The number of nitrogens with one attached hydrogen (secondary N) is 2. The number of nitrogens with zero attached hydrogens (tertiary/aromatic N) is 1. The molecular formula is C22H16FN3O3S. The van der Waals surface area contributed by atoms with Crippen molar-refractivity contribution in [1.82, 2.24) is 10.3 Å². The molecule has 0 saturated carbocycles. The van der Waals surface area contributed by atoms with E-state index in [9.17, 15) is 14.3 Å². The molecule has 0 bridgehead atoms. The minimum absolute atomic E-state index is 0.0203. The van der Waals surface area contributed by atoms with Crippen LogP contribution >= 0.6 is 12.2 Å². The quantitative estimate of drug-likeness (QED) is 0.326. The molecule has 0 spiro atoms. The van der Waals surface area contributed by atoms with E-state index in [1.807, 2.05) is 25.1 Å². The lowest BCUT2D eigenvalue weighted by atomic mass is 10.1. The first-order valence-corrected chi connectivity index (χ1v) is 9.39. The van der Waals surface area contributed by atoms with E-state index in [4.69, 9.17) is 16.6 Å². The molecule has 0 aliphatic heterocycles. The van der Waals surface area contributed by atoms with Gasteiger partial charge in [0.2, 0.25) is 5.89 Å². The van der Waals surface area contributed by atoms with Gasteiger partial charge in [0.15, 0.2) is 10.7 Å². The van der Waals surface area contributed by atoms with Gasteiger partial charge in [0.05, 0.1) is 11.1 Å². The maximum atomic E-state index is 13.7. The topological polar surface area (TPSA) is 87.4 Å². The van der Waals surface area contributed by atoms with Gasteiger partial charge < -0.3 is 14.8 Å². The molecule has 150 valence electrons. The molecule has 4 rings (SSSR count). The number of fused-ring (bicyclic) bond motifs is 1. The second-order valence-corrected chi connectivity index (χ2v) is 7.02. The first-order valence-electron chi connectivity index (χ1n) is 8.98. The molecule has 1 amide bonds. The van der Waals surface area contributed by atoms with E-state index in [1.165, 1.54) is 24.3 Å². The average Bonchev–Trinajstić information content (AvgIpc) is 3.12. The molecule has 1 aromatic heterocycles. The number of amides is 1. The molecule has 0 fully saturated rings. The molecule has 6 nitrogen and oxygen atoms in total. The predicted molar refractivity (Wildman–Crippen MR) is 116 cm³/mol. The van der Waals surface area contributed by atoms with Crippen LogP contribution in [0.4, 0.5) is 10.1 Å². The Hall–Kier alpha value is -3.78. The van der Waals surface area contributed by atoms with Gasteiger partial charge in [-0.1, -0.05) is 18.2 Å². The number of benzene rings is 3. The van der Waals surface area contributed by atoms with Gasteiger partial charge in [-0.3, -0.25) is 10.1 Å². The van der Waals surface area contributed by atoms with Gasteiger partial charge in [0.25, 0.3) is 5.91 Å². The number of thiocarbonyl (C=S) groups is 1. The molecule has 0 unspecified atom stereocenters. The number of oxazole rings is 1. The number of halogens is 1. The van der Waals surface area contributed by atoms with Gasteiger partial charge in [-0.2, -0.15) is 0 Å². The van der Waals surface area contributed by atoms with E-state index < -0.39 is 11.7 Å². The van der Waals surface area contributed by atoms with Crippen LogP contribution in [0.5, 0.6) is 5.75 Å². The number of rotatable bonds is 3. The highest BCUT2D eigenvalue weighted by atomic mass is 32.1. The van der Waals surface area contributed by atoms with Crippen LogP contribution in [0.3, 0.4) is 0 Å². The van der Waals surface area contributed by atoms with Gasteiger partial charge in [0, 0.05) is 5.69 Å². The van der Waals surface area contributed by atoms with Crippen molar-refractivity contribution in [3.8, 4) is 17.2 Å². The summed E-state index contributed by atoms with van der Waals surface area (Å²) in [6.07, 6.45) is 0. The fourth-order valence-electron chi connectivity index (χ4n) is 2.91. The van der Waals surface area contributed by atoms with Crippen LogP contribution in [0, 0.1) is 12.7 Å². The number of phenolic OH excluding ortho intramolecular Hbond substituents is 1. The largest absolute Gasteiger partial charge is 0.507 e. The molecule has 30 heavy (non-hydrogen) atoms. The Morgan fingerprint density at radius 3 is 2.73 bits per heavy atom. The molecular weight excluding hydrogens is 405 g/mol. The molecule has 4 aromatic rings. The third-order valence-corrected chi connectivity index (χ3v) is 4.58. The zero-order chi connectivity index (χ0) is 21.3. The summed E-state index contributed by atoms with van der Waals surface area (Å²) in [5, 5.41) is 15.5. The van der Waals surface area contributed by atoms with Gasteiger partial charge in [-0.05, 0) is 67.2 Å². The standard InChI is InChI=1S/C22H16FN3O3S/c1-12-6-8-17-19(10-12)29-21(25-17)15-11-13(7-9-18(15)27)24-22(30)26-20(28)14-4-2-3-5-16(14)23/h2-11,27H,1H3,(H2,24,26,28,30). The van der Waals surface area contributed by atoms with Crippen molar-refractivity contribution in [3.63, 3.8) is 0 Å². The summed E-state index contributed by atoms with van der Waals surface area (Å²) in [5.41, 5.74) is 3.03. The second kappa shape index (κ2) is 7.92. The van der Waals surface area contributed by atoms with E-state index >= 15 is 0 Å². The zero-order valence-corrected chi connectivity index (χ0v) is 16.6. The number of carbonyl (C=O) groups excluding carboxylic acids is 1. The van der Waals surface area contributed by atoms with Crippen molar-refractivity contribution >= 4 is 40.0 Å². The molecule has 3 N–H and O–H groups in total. The van der Waals surface area contributed by atoms with Crippen LogP contribution in [0.1, 0.15) is 15.9 Å². The molecule has 0 atom stereocenters. The van der Waals surface area contributed by atoms with Crippen molar-refractivity contribution < 1.29 is 18.7 Å². The molecule has 0 aliphatic carbocycles. The minimum Gasteiger partial charge on any atom is -0.507 e. The van der Waals surface area contributed by atoms with Gasteiger partial charge in [-0.15, -0.1) is 0 Å². The van der Waals surface area contributed by atoms with E-state index in [0.717, 1.165) is 5.56 Å². The minimum atomic E-state index is -0.668.